The zero-order chi connectivity index (χ0) is 21.0. The number of carbonyl (C=O) groups excluding carboxylic acids is 2. The summed E-state index contributed by atoms with van der Waals surface area (Å²) in [6.45, 7) is 4.44. The molecule has 0 saturated carbocycles. The van der Waals surface area contributed by atoms with Gasteiger partial charge in [0, 0.05) is 57.3 Å². The number of amides is 2. The fraction of sp³-hybridized carbons (Fsp3) is 0.619. The maximum Gasteiger partial charge on any atom is 0.254 e. The summed E-state index contributed by atoms with van der Waals surface area (Å²) >= 11 is 0. The molecule has 0 aliphatic carbocycles. The van der Waals surface area contributed by atoms with Gasteiger partial charge in [0.15, 0.2) is 0 Å². The fourth-order valence-electron chi connectivity index (χ4n) is 4.34. The second kappa shape index (κ2) is 9.17. The molecule has 1 unspecified atom stereocenters. The average Bonchev–Trinajstić information content (AvgIpc) is 2.83. The van der Waals surface area contributed by atoms with Gasteiger partial charge in [-0.05, 0) is 44.2 Å². The van der Waals surface area contributed by atoms with Gasteiger partial charge in [0.1, 0.15) is 11.6 Å². The average molecular weight is 409 g/mol. The van der Waals surface area contributed by atoms with Crippen molar-refractivity contribution in [2.24, 2.45) is 0 Å². The predicted molar refractivity (Wildman–Crippen MR) is 104 cm³/mol. The minimum atomic E-state index is -0.900. The van der Waals surface area contributed by atoms with Crippen LogP contribution in [0, 0.1) is 11.6 Å². The Morgan fingerprint density at radius 2 is 1.76 bits per heavy atom. The Bertz CT molecular complexity index is 732. The van der Waals surface area contributed by atoms with Crippen LogP contribution in [0.15, 0.2) is 18.2 Å². The molecule has 1 atom stereocenters. The molecule has 0 spiro atoms. The number of nitrogens with zero attached hydrogens (tertiary/aromatic N) is 2. The van der Waals surface area contributed by atoms with Gasteiger partial charge in [-0.1, -0.05) is 0 Å². The SMILES string of the molecule is CC(=O)NC1CCN(CC2(O)CCCN(C(=O)c3cc(F)cc(F)c3)CC2)CC1. The van der Waals surface area contributed by atoms with Crippen molar-refractivity contribution in [3.8, 4) is 0 Å². The number of hydrogen-bond acceptors (Lipinski definition) is 4. The highest BCUT2D eigenvalue weighted by atomic mass is 19.1. The number of halogens is 2. The van der Waals surface area contributed by atoms with E-state index in [1.807, 2.05) is 0 Å². The van der Waals surface area contributed by atoms with E-state index in [4.69, 9.17) is 0 Å². The molecule has 1 aromatic rings. The van der Waals surface area contributed by atoms with Crippen LogP contribution in [0.3, 0.4) is 0 Å². The van der Waals surface area contributed by atoms with Gasteiger partial charge >= 0.3 is 0 Å². The van der Waals surface area contributed by atoms with Crippen molar-refractivity contribution in [1.82, 2.24) is 15.1 Å². The lowest BCUT2D eigenvalue weighted by Crippen LogP contribution is -2.50. The maximum atomic E-state index is 13.4. The molecule has 6 nitrogen and oxygen atoms in total. The molecule has 29 heavy (non-hydrogen) atoms. The second-order valence-electron chi connectivity index (χ2n) is 8.28. The van der Waals surface area contributed by atoms with Gasteiger partial charge in [-0.25, -0.2) is 8.78 Å². The molecule has 2 N–H and O–H groups in total. The van der Waals surface area contributed by atoms with Crippen molar-refractivity contribution in [3.05, 3.63) is 35.4 Å². The van der Waals surface area contributed by atoms with Crippen LogP contribution in [0.2, 0.25) is 0 Å². The Morgan fingerprint density at radius 3 is 2.38 bits per heavy atom. The highest BCUT2D eigenvalue weighted by Crippen LogP contribution is 2.26. The van der Waals surface area contributed by atoms with Crippen molar-refractivity contribution in [2.75, 3.05) is 32.7 Å². The maximum absolute atomic E-state index is 13.4. The molecule has 8 heteroatoms. The van der Waals surface area contributed by atoms with Crippen molar-refractivity contribution in [1.29, 1.82) is 0 Å². The molecule has 2 aliphatic rings. The zero-order valence-corrected chi connectivity index (χ0v) is 16.8. The first-order valence-electron chi connectivity index (χ1n) is 10.2. The van der Waals surface area contributed by atoms with Gasteiger partial charge in [0.2, 0.25) is 5.91 Å². The number of nitrogens with one attached hydrogen (secondary N) is 1. The Morgan fingerprint density at radius 1 is 1.10 bits per heavy atom. The third kappa shape index (κ3) is 5.96. The van der Waals surface area contributed by atoms with E-state index in [9.17, 15) is 23.5 Å². The minimum Gasteiger partial charge on any atom is -0.388 e. The van der Waals surface area contributed by atoms with Crippen LogP contribution in [-0.2, 0) is 4.79 Å². The Kier molecular flexibility index (Phi) is 6.85. The van der Waals surface area contributed by atoms with E-state index in [-0.39, 0.29) is 17.5 Å². The van der Waals surface area contributed by atoms with Gasteiger partial charge < -0.3 is 20.2 Å². The molecule has 3 rings (SSSR count). The molecular formula is C21H29F2N3O3. The number of aliphatic hydroxyl groups is 1. The van der Waals surface area contributed by atoms with Crippen LogP contribution in [0.5, 0.6) is 0 Å². The zero-order valence-electron chi connectivity index (χ0n) is 16.8. The van der Waals surface area contributed by atoms with Gasteiger partial charge in [-0.3, -0.25) is 9.59 Å². The summed E-state index contributed by atoms with van der Waals surface area (Å²) in [5.74, 6) is -1.98. The highest BCUT2D eigenvalue weighted by Gasteiger charge is 2.34. The quantitative estimate of drug-likeness (QED) is 0.797. The lowest BCUT2D eigenvalue weighted by atomic mass is 9.93. The van der Waals surface area contributed by atoms with Crippen molar-refractivity contribution < 1.29 is 23.5 Å². The van der Waals surface area contributed by atoms with E-state index in [0.29, 0.717) is 38.9 Å². The number of carbonyl (C=O) groups is 2. The van der Waals surface area contributed by atoms with Gasteiger partial charge in [0.25, 0.3) is 5.91 Å². The molecule has 2 amide bonds. The summed E-state index contributed by atoms with van der Waals surface area (Å²) < 4.78 is 26.9. The monoisotopic (exact) mass is 409 g/mol. The van der Waals surface area contributed by atoms with Crippen molar-refractivity contribution in [3.63, 3.8) is 0 Å². The van der Waals surface area contributed by atoms with Gasteiger partial charge in [0.05, 0.1) is 5.60 Å². The topological polar surface area (TPSA) is 72.9 Å². The lowest BCUT2D eigenvalue weighted by molar-refractivity contribution is -0.120. The van der Waals surface area contributed by atoms with Crippen LogP contribution >= 0.6 is 0 Å². The standard InChI is InChI=1S/C21H29F2N3O3/c1-15(27)24-19-3-8-25(9-4-19)14-21(29)5-2-7-26(10-6-21)20(28)16-11-17(22)13-18(23)12-16/h11-13,19,29H,2-10,14H2,1H3,(H,24,27). The molecule has 0 radical (unpaired) electrons. The fourth-order valence-corrected chi connectivity index (χ4v) is 4.34. The molecule has 2 fully saturated rings. The molecule has 0 aromatic heterocycles. The first-order chi connectivity index (χ1) is 13.7. The van der Waals surface area contributed by atoms with Crippen molar-refractivity contribution >= 4 is 11.8 Å². The third-order valence-corrected chi connectivity index (χ3v) is 5.83. The number of likely N-dealkylation sites (tertiary alicyclic amines) is 2. The Labute approximate surface area is 169 Å². The van der Waals surface area contributed by atoms with Crippen molar-refractivity contribution in [2.45, 2.75) is 50.7 Å². The lowest BCUT2D eigenvalue weighted by Gasteiger charge is -2.38. The Hall–Kier alpha value is -2.06. The second-order valence-corrected chi connectivity index (χ2v) is 8.28. The molecular weight excluding hydrogens is 380 g/mol. The first kappa shape index (κ1) is 21.6. The largest absolute Gasteiger partial charge is 0.388 e. The van der Waals surface area contributed by atoms with E-state index in [1.165, 1.54) is 6.92 Å². The number of rotatable bonds is 4. The van der Waals surface area contributed by atoms with Gasteiger partial charge in [-0.15, -0.1) is 0 Å². The Balaban J connectivity index is 1.55. The number of β-amino-alcohol motifs (C(OH)–C–C–N with tert-alkyl or cyclic N) is 1. The van der Waals surface area contributed by atoms with Gasteiger partial charge in [-0.2, -0.15) is 0 Å². The molecule has 0 bridgehead atoms. The van der Waals surface area contributed by atoms with Crippen LogP contribution in [0.1, 0.15) is 49.4 Å². The van der Waals surface area contributed by atoms with Crippen LogP contribution < -0.4 is 5.32 Å². The molecule has 2 saturated heterocycles. The molecule has 160 valence electrons. The normalized spacial score (nSPS) is 24.2. The summed E-state index contributed by atoms with van der Waals surface area (Å²) in [7, 11) is 0. The number of benzene rings is 1. The van der Waals surface area contributed by atoms with E-state index in [1.54, 1.807) is 4.90 Å². The van der Waals surface area contributed by atoms with Crippen LogP contribution in [0.25, 0.3) is 0 Å². The summed E-state index contributed by atoms with van der Waals surface area (Å²) in [5.41, 5.74) is -0.906. The summed E-state index contributed by atoms with van der Waals surface area (Å²) in [4.78, 5) is 27.6. The van der Waals surface area contributed by atoms with Crippen LogP contribution in [0.4, 0.5) is 8.78 Å². The number of hydrogen-bond donors (Lipinski definition) is 2. The van der Waals surface area contributed by atoms with E-state index in [0.717, 1.165) is 44.1 Å². The summed E-state index contributed by atoms with van der Waals surface area (Å²) in [6.07, 6.45) is 3.32. The first-order valence-corrected chi connectivity index (χ1v) is 10.2. The van der Waals surface area contributed by atoms with E-state index >= 15 is 0 Å². The van der Waals surface area contributed by atoms with E-state index in [2.05, 4.69) is 10.2 Å². The molecule has 2 heterocycles. The summed E-state index contributed by atoms with van der Waals surface area (Å²) in [5, 5.41) is 14.0. The minimum absolute atomic E-state index is 0.00650. The molecule has 2 aliphatic heterocycles. The van der Waals surface area contributed by atoms with Crippen LogP contribution in [-0.4, -0.2) is 71.1 Å². The predicted octanol–water partition coefficient (Wildman–Crippen LogP) is 1.92. The molecule has 1 aromatic carbocycles. The number of piperidine rings is 1. The van der Waals surface area contributed by atoms with E-state index < -0.39 is 23.1 Å². The third-order valence-electron chi connectivity index (χ3n) is 5.83. The summed E-state index contributed by atoms with van der Waals surface area (Å²) in [6, 6.07) is 3.02. The smallest absolute Gasteiger partial charge is 0.254 e. The highest BCUT2D eigenvalue weighted by molar-refractivity contribution is 5.94.